The Bertz CT molecular complexity index is 776. The average Bonchev–Trinajstić information content (AvgIpc) is 2.51. The average molecular weight is 282 g/mol. The molecule has 0 radical (unpaired) electrons. The lowest BCUT2D eigenvalue weighted by atomic mass is 10.2. The number of rotatable bonds is 4. The summed E-state index contributed by atoms with van der Waals surface area (Å²) in [7, 11) is 0. The molecule has 0 aliphatic carbocycles. The van der Waals surface area contributed by atoms with Crippen molar-refractivity contribution < 1.29 is 9.47 Å². The summed E-state index contributed by atoms with van der Waals surface area (Å²) < 4.78 is 11.0. The number of nitrogens with zero attached hydrogens (tertiary/aromatic N) is 3. The fourth-order valence-electron chi connectivity index (χ4n) is 1.92. The molecule has 0 saturated heterocycles. The second kappa shape index (κ2) is 5.62. The van der Waals surface area contributed by atoms with Crippen LogP contribution < -0.4 is 15.2 Å². The van der Waals surface area contributed by atoms with Gasteiger partial charge in [-0.25, -0.2) is 0 Å². The first-order valence-electron chi connectivity index (χ1n) is 6.54. The van der Waals surface area contributed by atoms with Crippen molar-refractivity contribution in [3.8, 4) is 17.5 Å². The Morgan fingerprint density at radius 1 is 1.10 bits per heavy atom. The van der Waals surface area contributed by atoms with Crippen molar-refractivity contribution in [1.29, 1.82) is 0 Å². The molecule has 0 unspecified atom stereocenters. The van der Waals surface area contributed by atoms with Gasteiger partial charge in [0.25, 0.3) is 0 Å². The van der Waals surface area contributed by atoms with Crippen LogP contribution in [0, 0.1) is 0 Å². The molecule has 3 aromatic rings. The van der Waals surface area contributed by atoms with Gasteiger partial charge in [-0.15, -0.1) is 0 Å². The van der Waals surface area contributed by atoms with E-state index in [9.17, 15) is 0 Å². The van der Waals surface area contributed by atoms with E-state index in [1.165, 1.54) is 6.33 Å². The number of para-hydroxylation sites is 1. The second-order valence-electron chi connectivity index (χ2n) is 4.30. The molecule has 3 rings (SSSR count). The zero-order valence-electron chi connectivity index (χ0n) is 11.5. The van der Waals surface area contributed by atoms with Gasteiger partial charge >= 0.3 is 0 Å². The Hall–Kier alpha value is -2.89. The standard InChI is InChI=1S/C15H14N4O2/c1-2-20-14-13(16)15(19-9-18-14)21-11-7-10-5-3-4-6-12(10)17-8-11/h3-9H,2,16H2,1H3. The molecule has 0 saturated carbocycles. The molecular weight excluding hydrogens is 268 g/mol. The van der Waals surface area contributed by atoms with Crippen LogP contribution in [0.5, 0.6) is 17.5 Å². The van der Waals surface area contributed by atoms with Gasteiger partial charge in [0.05, 0.1) is 18.3 Å². The first-order chi connectivity index (χ1) is 10.3. The van der Waals surface area contributed by atoms with Crippen molar-refractivity contribution in [3.05, 3.63) is 42.9 Å². The highest BCUT2D eigenvalue weighted by Crippen LogP contribution is 2.31. The lowest BCUT2D eigenvalue weighted by Gasteiger charge is -2.10. The minimum Gasteiger partial charge on any atom is -0.476 e. The fraction of sp³-hybridized carbons (Fsp3) is 0.133. The third-order valence-electron chi connectivity index (χ3n) is 2.87. The van der Waals surface area contributed by atoms with Gasteiger partial charge in [-0.1, -0.05) is 18.2 Å². The van der Waals surface area contributed by atoms with Crippen LogP contribution in [0.25, 0.3) is 10.9 Å². The molecule has 0 amide bonds. The van der Waals surface area contributed by atoms with Crippen LogP contribution in [0.4, 0.5) is 5.69 Å². The molecule has 106 valence electrons. The first kappa shape index (κ1) is 13.1. The Morgan fingerprint density at radius 2 is 1.90 bits per heavy atom. The van der Waals surface area contributed by atoms with Gasteiger partial charge in [-0.3, -0.25) is 4.98 Å². The molecular formula is C15H14N4O2. The Balaban J connectivity index is 1.93. The molecule has 0 bridgehead atoms. The molecule has 0 spiro atoms. The Morgan fingerprint density at radius 3 is 2.76 bits per heavy atom. The highest BCUT2D eigenvalue weighted by molar-refractivity contribution is 5.79. The zero-order chi connectivity index (χ0) is 14.7. The van der Waals surface area contributed by atoms with E-state index < -0.39 is 0 Å². The summed E-state index contributed by atoms with van der Waals surface area (Å²) in [5.74, 6) is 1.13. The van der Waals surface area contributed by atoms with E-state index >= 15 is 0 Å². The molecule has 2 aromatic heterocycles. The van der Waals surface area contributed by atoms with E-state index in [1.54, 1.807) is 6.20 Å². The van der Waals surface area contributed by atoms with Crippen LogP contribution in [0.2, 0.25) is 0 Å². The number of ether oxygens (including phenoxy) is 2. The van der Waals surface area contributed by atoms with Gasteiger partial charge in [0.1, 0.15) is 12.1 Å². The monoisotopic (exact) mass is 282 g/mol. The minimum atomic E-state index is 0.255. The van der Waals surface area contributed by atoms with Crippen molar-refractivity contribution in [3.63, 3.8) is 0 Å². The molecule has 6 heteroatoms. The highest BCUT2D eigenvalue weighted by atomic mass is 16.5. The van der Waals surface area contributed by atoms with E-state index in [4.69, 9.17) is 15.2 Å². The van der Waals surface area contributed by atoms with Crippen LogP contribution in [0.3, 0.4) is 0 Å². The zero-order valence-corrected chi connectivity index (χ0v) is 11.5. The SMILES string of the molecule is CCOc1ncnc(Oc2cnc3ccccc3c2)c1N. The van der Waals surface area contributed by atoms with Crippen molar-refractivity contribution in [2.45, 2.75) is 6.92 Å². The number of aromatic nitrogens is 3. The van der Waals surface area contributed by atoms with Crippen LogP contribution in [-0.4, -0.2) is 21.6 Å². The van der Waals surface area contributed by atoms with E-state index in [2.05, 4.69) is 15.0 Å². The summed E-state index contributed by atoms with van der Waals surface area (Å²) in [6.45, 7) is 2.33. The summed E-state index contributed by atoms with van der Waals surface area (Å²) in [5.41, 5.74) is 7.10. The predicted octanol–water partition coefficient (Wildman–Crippen LogP) is 2.80. The number of fused-ring (bicyclic) bond motifs is 1. The van der Waals surface area contributed by atoms with Gasteiger partial charge in [0, 0.05) is 5.39 Å². The summed E-state index contributed by atoms with van der Waals surface area (Å²) in [5, 5.41) is 0.979. The number of pyridine rings is 1. The van der Waals surface area contributed by atoms with E-state index in [1.807, 2.05) is 37.3 Å². The number of hydrogen-bond donors (Lipinski definition) is 1. The third kappa shape index (κ3) is 2.69. The number of nitrogen functional groups attached to an aromatic ring is 1. The normalized spacial score (nSPS) is 10.5. The lowest BCUT2D eigenvalue weighted by Crippen LogP contribution is -2.03. The summed E-state index contributed by atoms with van der Waals surface area (Å²) >= 11 is 0. The smallest absolute Gasteiger partial charge is 0.249 e. The molecule has 2 N–H and O–H groups in total. The molecule has 0 fully saturated rings. The van der Waals surface area contributed by atoms with Crippen LogP contribution >= 0.6 is 0 Å². The maximum atomic E-state index is 5.93. The summed E-state index contributed by atoms with van der Waals surface area (Å²) in [6.07, 6.45) is 2.98. The molecule has 0 aliphatic heterocycles. The molecule has 21 heavy (non-hydrogen) atoms. The van der Waals surface area contributed by atoms with E-state index in [0.29, 0.717) is 18.2 Å². The topological polar surface area (TPSA) is 83.2 Å². The van der Waals surface area contributed by atoms with Gasteiger partial charge in [-0.2, -0.15) is 9.97 Å². The maximum absolute atomic E-state index is 5.93. The summed E-state index contributed by atoms with van der Waals surface area (Å²) in [4.78, 5) is 12.3. The fourth-order valence-corrected chi connectivity index (χ4v) is 1.92. The van der Waals surface area contributed by atoms with E-state index in [-0.39, 0.29) is 11.6 Å². The molecule has 0 atom stereocenters. The number of benzene rings is 1. The van der Waals surface area contributed by atoms with Crippen LogP contribution in [-0.2, 0) is 0 Å². The molecule has 6 nitrogen and oxygen atoms in total. The van der Waals surface area contributed by atoms with Gasteiger partial charge < -0.3 is 15.2 Å². The van der Waals surface area contributed by atoms with Crippen LogP contribution in [0.1, 0.15) is 6.92 Å². The van der Waals surface area contributed by atoms with Gasteiger partial charge in [0.2, 0.25) is 11.8 Å². The molecule has 1 aromatic carbocycles. The van der Waals surface area contributed by atoms with Crippen molar-refractivity contribution in [2.75, 3.05) is 12.3 Å². The number of nitrogens with two attached hydrogens (primary N) is 1. The third-order valence-corrected chi connectivity index (χ3v) is 2.87. The van der Waals surface area contributed by atoms with Crippen molar-refractivity contribution >= 4 is 16.6 Å². The number of anilines is 1. The van der Waals surface area contributed by atoms with Crippen LogP contribution in [0.15, 0.2) is 42.9 Å². The quantitative estimate of drug-likeness (QED) is 0.792. The Kier molecular flexibility index (Phi) is 3.51. The van der Waals surface area contributed by atoms with Gasteiger partial charge in [0.15, 0.2) is 5.69 Å². The minimum absolute atomic E-state index is 0.255. The lowest BCUT2D eigenvalue weighted by molar-refractivity contribution is 0.325. The first-order valence-corrected chi connectivity index (χ1v) is 6.54. The largest absolute Gasteiger partial charge is 0.476 e. The predicted molar refractivity (Wildman–Crippen MR) is 79.4 cm³/mol. The van der Waals surface area contributed by atoms with E-state index in [0.717, 1.165) is 10.9 Å². The maximum Gasteiger partial charge on any atom is 0.249 e. The summed E-state index contributed by atoms with van der Waals surface area (Å²) in [6, 6.07) is 9.66. The highest BCUT2D eigenvalue weighted by Gasteiger charge is 2.11. The second-order valence-corrected chi connectivity index (χ2v) is 4.30. The van der Waals surface area contributed by atoms with Gasteiger partial charge in [-0.05, 0) is 19.1 Å². The van der Waals surface area contributed by atoms with Crippen molar-refractivity contribution in [1.82, 2.24) is 15.0 Å². The number of hydrogen-bond acceptors (Lipinski definition) is 6. The molecule has 0 aliphatic rings. The Labute approximate surface area is 121 Å². The molecule has 2 heterocycles. The van der Waals surface area contributed by atoms with Crippen molar-refractivity contribution in [2.24, 2.45) is 0 Å².